The lowest BCUT2D eigenvalue weighted by Crippen LogP contribution is -2.09. The molecule has 3 rings (SSSR count). The molecule has 0 radical (unpaired) electrons. The van der Waals surface area contributed by atoms with E-state index in [-0.39, 0.29) is 11.5 Å². The fraction of sp³-hybridized carbons (Fsp3) is 0.118. The molecule has 0 saturated carbocycles. The molecule has 0 aliphatic heterocycles. The number of benzene rings is 2. The number of hydrogen-bond acceptors (Lipinski definition) is 4. The van der Waals surface area contributed by atoms with Gasteiger partial charge in [-0.2, -0.15) is 0 Å². The summed E-state index contributed by atoms with van der Waals surface area (Å²) >= 11 is 0. The van der Waals surface area contributed by atoms with Crippen molar-refractivity contribution in [3.8, 4) is 17.2 Å². The Balaban J connectivity index is 1.92. The molecule has 0 unspecified atom stereocenters. The topological polar surface area (TPSA) is 71.5 Å². The molecule has 0 atom stereocenters. The summed E-state index contributed by atoms with van der Waals surface area (Å²) in [4.78, 5) is 14.5. The van der Waals surface area contributed by atoms with Crippen molar-refractivity contribution in [1.82, 2.24) is 4.98 Å². The molecule has 0 spiro atoms. The first-order valence-electron chi connectivity index (χ1n) is 6.79. The summed E-state index contributed by atoms with van der Waals surface area (Å²) in [5.41, 5.74) is 1.07. The zero-order valence-electron chi connectivity index (χ0n) is 12.0. The second-order valence-corrected chi connectivity index (χ2v) is 4.82. The molecule has 3 aromatic rings. The molecular weight excluding hydrogens is 282 g/mol. The van der Waals surface area contributed by atoms with Gasteiger partial charge in [-0.25, -0.2) is 0 Å². The first kappa shape index (κ1) is 14.0. The lowest BCUT2D eigenvalue weighted by atomic mass is 10.2. The summed E-state index contributed by atoms with van der Waals surface area (Å²) in [5, 5.41) is 10.5. The molecule has 0 aliphatic rings. The maximum Gasteiger partial charge on any atom is 0.294 e. The zero-order valence-corrected chi connectivity index (χ0v) is 12.0. The Morgan fingerprint density at radius 2 is 1.91 bits per heavy atom. The number of fused-ring (bicyclic) bond motifs is 1. The van der Waals surface area contributed by atoms with Crippen molar-refractivity contribution in [2.24, 2.45) is 0 Å². The highest BCUT2D eigenvalue weighted by atomic mass is 16.5. The van der Waals surface area contributed by atoms with Gasteiger partial charge in [-0.3, -0.25) is 4.79 Å². The van der Waals surface area contributed by atoms with Gasteiger partial charge in [0.1, 0.15) is 12.4 Å². The fourth-order valence-corrected chi connectivity index (χ4v) is 2.26. The number of hydrogen-bond donors (Lipinski definition) is 2. The Kier molecular flexibility index (Phi) is 3.70. The van der Waals surface area contributed by atoms with Crippen LogP contribution in [0.5, 0.6) is 17.2 Å². The number of aromatic hydroxyl groups is 1. The van der Waals surface area contributed by atoms with Crippen molar-refractivity contribution in [1.29, 1.82) is 0 Å². The third-order valence-corrected chi connectivity index (χ3v) is 3.37. The molecule has 0 saturated heterocycles. The summed E-state index contributed by atoms with van der Waals surface area (Å²) in [6.45, 7) is 0.429. The van der Waals surface area contributed by atoms with Crippen molar-refractivity contribution >= 4 is 10.9 Å². The van der Waals surface area contributed by atoms with E-state index in [4.69, 9.17) is 9.47 Å². The predicted octanol–water partition coefficient (Wildman–Crippen LogP) is 2.82. The highest BCUT2D eigenvalue weighted by molar-refractivity contribution is 5.87. The van der Waals surface area contributed by atoms with Crippen molar-refractivity contribution in [2.75, 3.05) is 7.11 Å². The zero-order chi connectivity index (χ0) is 15.5. The number of aromatic nitrogens is 1. The highest BCUT2D eigenvalue weighted by Gasteiger charge is 2.12. The van der Waals surface area contributed by atoms with Crippen molar-refractivity contribution in [2.45, 2.75) is 6.61 Å². The van der Waals surface area contributed by atoms with Gasteiger partial charge >= 0.3 is 0 Å². The average molecular weight is 297 g/mol. The van der Waals surface area contributed by atoms with E-state index < -0.39 is 5.56 Å². The minimum Gasteiger partial charge on any atom is -0.504 e. The SMILES string of the molecule is COc1c(O)c2ccc(OCc3ccccc3)cc2[nH]c1=O. The van der Waals surface area contributed by atoms with Gasteiger partial charge in [-0.1, -0.05) is 30.3 Å². The summed E-state index contributed by atoms with van der Waals surface area (Å²) in [6, 6.07) is 14.9. The number of methoxy groups -OCH3 is 1. The molecule has 0 bridgehead atoms. The van der Waals surface area contributed by atoms with E-state index in [1.165, 1.54) is 7.11 Å². The predicted molar refractivity (Wildman–Crippen MR) is 83.6 cm³/mol. The number of aromatic amines is 1. The minimum absolute atomic E-state index is 0.0922. The van der Waals surface area contributed by atoms with Crippen LogP contribution in [-0.4, -0.2) is 17.2 Å². The van der Waals surface area contributed by atoms with Gasteiger partial charge in [-0.05, 0) is 17.7 Å². The number of nitrogens with one attached hydrogen (secondary N) is 1. The van der Waals surface area contributed by atoms with Gasteiger partial charge in [0.15, 0.2) is 5.75 Å². The normalized spacial score (nSPS) is 10.6. The molecule has 2 aromatic carbocycles. The fourth-order valence-electron chi connectivity index (χ4n) is 2.26. The maximum absolute atomic E-state index is 11.8. The average Bonchev–Trinajstić information content (AvgIpc) is 2.54. The molecule has 112 valence electrons. The first-order chi connectivity index (χ1) is 10.7. The molecule has 2 N–H and O–H groups in total. The Hall–Kier alpha value is -2.95. The molecule has 5 nitrogen and oxygen atoms in total. The van der Waals surface area contributed by atoms with Crippen LogP contribution in [0.3, 0.4) is 0 Å². The number of ether oxygens (including phenoxy) is 2. The number of rotatable bonds is 4. The van der Waals surface area contributed by atoms with Crippen LogP contribution in [0.2, 0.25) is 0 Å². The minimum atomic E-state index is -0.479. The van der Waals surface area contributed by atoms with E-state index in [1.807, 2.05) is 30.3 Å². The first-order valence-corrected chi connectivity index (χ1v) is 6.79. The van der Waals surface area contributed by atoms with Gasteiger partial charge in [0, 0.05) is 11.5 Å². The molecule has 0 fully saturated rings. The van der Waals surface area contributed by atoms with Crippen LogP contribution in [0.25, 0.3) is 10.9 Å². The highest BCUT2D eigenvalue weighted by Crippen LogP contribution is 2.31. The lowest BCUT2D eigenvalue weighted by Gasteiger charge is -2.09. The van der Waals surface area contributed by atoms with Gasteiger partial charge in [0.25, 0.3) is 5.56 Å². The number of pyridine rings is 1. The Bertz CT molecular complexity index is 856. The standard InChI is InChI=1S/C17H15NO4/c1-21-16-15(19)13-8-7-12(9-14(13)18-17(16)20)22-10-11-5-3-2-4-6-11/h2-9H,10H2,1H3,(H2,18,19,20). The molecule has 1 aromatic heterocycles. The van der Waals surface area contributed by atoms with E-state index in [0.29, 0.717) is 23.3 Å². The quantitative estimate of drug-likeness (QED) is 0.776. The van der Waals surface area contributed by atoms with Crippen molar-refractivity contribution in [3.05, 3.63) is 64.4 Å². The Labute approximate surface area is 126 Å². The lowest BCUT2D eigenvalue weighted by molar-refractivity contribution is 0.306. The summed E-state index contributed by atoms with van der Waals surface area (Å²) in [6.07, 6.45) is 0. The maximum atomic E-state index is 11.8. The molecular formula is C17H15NO4. The third-order valence-electron chi connectivity index (χ3n) is 3.37. The molecule has 0 aliphatic carbocycles. The second-order valence-electron chi connectivity index (χ2n) is 4.82. The Morgan fingerprint density at radius 1 is 1.14 bits per heavy atom. The van der Waals surface area contributed by atoms with E-state index in [1.54, 1.807) is 18.2 Å². The van der Waals surface area contributed by atoms with Crippen LogP contribution >= 0.6 is 0 Å². The van der Waals surface area contributed by atoms with Crippen LogP contribution < -0.4 is 15.0 Å². The van der Waals surface area contributed by atoms with Crippen LogP contribution in [0.15, 0.2) is 53.3 Å². The van der Waals surface area contributed by atoms with Gasteiger partial charge in [0.2, 0.25) is 5.75 Å². The van der Waals surface area contributed by atoms with E-state index in [9.17, 15) is 9.90 Å². The van der Waals surface area contributed by atoms with Crippen LogP contribution in [-0.2, 0) is 6.61 Å². The molecule has 1 heterocycles. The molecule has 5 heteroatoms. The van der Waals surface area contributed by atoms with Crippen molar-refractivity contribution in [3.63, 3.8) is 0 Å². The third kappa shape index (κ3) is 2.61. The van der Waals surface area contributed by atoms with E-state index >= 15 is 0 Å². The van der Waals surface area contributed by atoms with Crippen LogP contribution in [0, 0.1) is 0 Å². The summed E-state index contributed by atoms with van der Waals surface area (Å²) in [7, 11) is 1.34. The van der Waals surface area contributed by atoms with Gasteiger partial charge < -0.3 is 19.6 Å². The largest absolute Gasteiger partial charge is 0.504 e. The second kappa shape index (κ2) is 5.81. The van der Waals surface area contributed by atoms with Crippen LogP contribution in [0.1, 0.15) is 5.56 Å². The van der Waals surface area contributed by atoms with Gasteiger partial charge in [-0.15, -0.1) is 0 Å². The summed E-state index contributed by atoms with van der Waals surface area (Å²) < 4.78 is 10.6. The smallest absolute Gasteiger partial charge is 0.294 e. The van der Waals surface area contributed by atoms with Crippen molar-refractivity contribution < 1.29 is 14.6 Å². The summed E-state index contributed by atoms with van der Waals surface area (Å²) in [5.74, 6) is 0.345. The van der Waals surface area contributed by atoms with E-state index in [2.05, 4.69) is 4.98 Å². The van der Waals surface area contributed by atoms with Crippen LogP contribution in [0.4, 0.5) is 0 Å². The Morgan fingerprint density at radius 3 is 2.64 bits per heavy atom. The monoisotopic (exact) mass is 297 g/mol. The number of H-pyrrole nitrogens is 1. The molecule has 22 heavy (non-hydrogen) atoms. The molecule has 0 amide bonds. The van der Waals surface area contributed by atoms with Gasteiger partial charge in [0.05, 0.1) is 12.6 Å². The van der Waals surface area contributed by atoms with E-state index in [0.717, 1.165) is 5.56 Å².